The zero-order valence-corrected chi connectivity index (χ0v) is 11.5. The van der Waals surface area contributed by atoms with E-state index < -0.39 is 10.2 Å². The van der Waals surface area contributed by atoms with Crippen LogP contribution in [0.15, 0.2) is 16.7 Å². The molecule has 0 spiro atoms. The maximum Gasteiger partial charge on any atom is 0.280 e. The summed E-state index contributed by atoms with van der Waals surface area (Å²) in [5, 5.41) is 0. The average Bonchev–Trinajstić information content (AvgIpc) is 2.89. The number of rotatable bonds is 3. The lowest BCUT2D eigenvalue weighted by Gasteiger charge is -2.29. The normalized spacial score (nSPS) is 25.2. The Labute approximate surface area is 112 Å². The first-order chi connectivity index (χ1) is 9.17. The van der Waals surface area contributed by atoms with Crippen LogP contribution in [0.4, 0.5) is 0 Å². The molecule has 0 amide bonds. The van der Waals surface area contributed by atoms with Crippen molar-refractivity contribution < 1.29 is 17.6 Å². The van der Waals surface area contributed by atoms with Crippen LogP contribution in [0, 0.1) is 0 Å². The highest BCUT2D eigenvalue weighted by Gasteiger charge is 2.30. The van der Waals surface area contributed by atoms with Gasteiger partial charge in [0, 0.05) is 25.1 Å². The van der Waals surface area contributed by atoms with Crippen LogP contribution in [0.25, 0.3) is 0 Å². The monoisotopic (exact) mass is 286 g/mol. The fourth-order valence-corrected chi connectivity index (χ4v) is 4.03. The lowest BCUT2D eigenvalue weighted by atomic mass is 9.94. The van der Waals surface area contributed by atoms with Gasteiger partial charge in [-0.05, 0) is 18.9 Å². The summed E-state index contributed by atoms with van der Waals surface area (Å²) in [6, 6.07) is 1.69. The highest BCUT2D eigenvalue weighted by Crippen LogP contribution is 2.31. The molecule has 3 rings (SSSR count). The van der Waals surface area contributed by atoms with E-state index in [9.17, 15) is 8.42 Å². The maximum absolute atomic E-state index is 12.3. The molecule has 1 aromatic rings. The van der Waals surface area contributed by atoms with Crippen LogP contribution in [-0.4, -0.2) is 39.0 Å². The molecular weight excluding hydrogens is 268 g/mol. The first-order valence-corrected chi connectivity index (χ1v) is 8.02. The summed E-state index contributed by atoms with van der Waals surface area (Å²) < 4.78 is 39.4. The van der Waals surface area contributed by atoms with Gasteiger partial charge in [0.05, 0.1) is 25.5 Å². The summed E-state index contributed by atoms with van der Waals surface area (Å²) in [7, 11) is -3.44. The van der Waals surface area contributed by atoms with E-state index in [1.165, 1.54) is 4.31 Å². The topological polar surface area (TPSA) is 71.8 Å². The number of aryl methyl sites for hydroxylation is 1. The van der Waals surface area contributed by atoms with Gasteiger partial charge in [-0.3, -0.25) is 0 Å². The van der Waals surface area contributed by atoms with Crippen molar-refractivity contribution in [1.29, 1.82) is 0 Å². The Morgan fingerprint density at radius 1 is 1.32 bits per heavy atom. The zero-order valence-electron chi connectivity index (χ0n) is 10.7. The van der Waals surface area contributed by atoms with Crippen molar-refractivity contribution in [2.75, 3.05) is 26.3 Å². The number of nitrogens with zero attached hydrogens (tertiary/aromatic N) is 1. The second-order valence-electron chi connectivity index (χ2n) is 4.88. The van der Waals surface area contributed by atoms with Crippen molar-refractivity contribution in [2.24, 2.45) is 0 Å². The van der Waals surface area contributed by atoms with Gasteiger partial charge in [-0.1, -0.05) is 0 Å². The second-order valence-corrected chi connectivity index (χ2v) is 6.58. The van der Waals surface area contributed by atoms with Crippen molar-refractivity contribution in [3.05, 3.63) is 23.7 Å². The molecule has 2 aliphatic rings. The van der Waals surface area contributed by atoms with Gasteiger partial charge < -0.3 is 9.15 Å². The predicted molar refractivity (Wildman–Crippen MR) is 68.8 cm³/mol. The molecule has 1 saturated heterocycles. The molecule has 1 aromatic heterocycles. The summed E-state index contributed by atoms with van der Waals surface area (Å²) in [6.45, 7) is 1.76. The van der Waals surface area contributed by atoms with Crippen LogP contribution in [-0.2, 0) is 21.4 Å². The third-order valence-electron chi connectivity index (χ3n) is 3.65. The minimum Gasteiger partial charge on any atom is -0.469 e. The lowest BCUT2D eigenvalue weighted by molar-refractivity contribution is 0.0722. The first kappa shape index (κ1) is 13.1. The number of hydrogen-bond donors (Lipinski definition) is 1. The summed E-state index contributed by atoms with van der Waals surface area (Å²) in [5.41, 5.74) is 0.975. The minimum atomic E-state index is -3.44. The minimum absolute atomic E-state index is 0.171. The molecule has 19 heavy (non-hydrogen) atoms. The molecule has 1 unspecified atom stereocenters. The lowest BCUT2D eigenvalue weighted by Crippen LogP contribution is -2.47. The molecule has 1 N–H and O–H groups in total. The first-order valence-electron chi connectivity index (χ1n) is 6.58. The van der Waals surface area contributed by atoms with E-state index in [1.54, 1.807) is 6.26 Å². The van der Waals surface area contributed by atoms with E-state index in [-0.39, 0.29) is 6.04 Å². The van der Waals surface area contributed by atoms with Gasteiger partial charge >= 0.3 is 0 Å². The van der Waals surface area contributed by atoms with E-state index in [1.807, 2.05) is 6.07 Å². The third-order valence-corrected chi connectivity index (χ3v) is 5.28. The molecule has 1 atom stereocenters. The maximum atomic E-state index is 12.3. The standard InChI is InChI=1S/C12H18N2O4S/c15-19(16,14-5-8-17-9-6-14)13-11-2-1-3-12-10(11)4-7-18-12/h4,7,11,13H,1-3,5-6,8-9H2. The second kappa shape index (κ2) is 5.24. The summed E-state index contributed by atoms with van der Waals surface area (Å²) in [4.78, 5) is 0. The Bertz CT molecular complexity index is 534. The van der Waals surface area contributed by atoms with E-state index in [0.29, 0.717) is 26.3 Å². The van der Waals surface area contributed by atoms with Gasteiger partial charge in [-0.2, -0.15) is 17.4 Å². The number of nitrogens with one attached hydrogen (secondary N) is 1. The Balaban J connectivity index is 1.75. The smallest absolute Gasteiger partial charge is 0.280 e. The molecule has 0 radical (unpaired) electrons. The molecule has 1 aliphatic heterocycles. The van der Waals surface area contributed by atoms with Crippen LogP contribution in [0.2, 0.25) is 0 Å². The molecule has 0 aromatic carbocycles. The van der Waals surface area contributed by atoms with Crippen molar-refractivity contribution in [1.82, 2.24) is 9.03 Å². The van der Waals surface area contributed by atoms with Gasteiger partial charge in [-0.15, -0.1) is 0 Å². The molecular formula is C12H18N2O4S. The van der Waals surface area contributed by atoms with Crippen LogP contribution in [0.3, 0.4) is 0 Å². The highest BCUT2D eigenvalue weighted by molar-refractivity contribution is 7.87. The Morgan fingerprint density at radius 2 is 2.11 bits per heavy atom. The van der Waals surface area contributed by atoms with Crippen LogP contribution in [0.1, 0.15) is 30.2 Å². The van der Waals surface area contributed by atoms with Gasteiger partial charge in [0.2, 0.25) is 0 Å². The SMILES string of the molecule is O=S(=O)(NC1CCCc2occc21)N1CCOCC1. The molecule has 6 nitrogen and oxygen atoms in total. The molecule has 0 bridgehead atoms. The number of hydrogen-bond acceptors (Lipinski definition) is 4. The largest absolute Gasteiger partial charge is 0.469 e. The predicted octanol–water partition coefficient (Wildman–Crippen LogP) is 0.824. The van der Waals surface area contributed by atoms with Crippen molar-refractivity contribution in [2.45, 2.75) is 25.3 Å². The third kappa shape index (κ3) is 2.69. The Hall–Kier alpha value is -0.890. The number of morpholine rings is 1. The molecule has 2 heterocycles. The fourth-order valence-electron chi connectivity index (χ4n) is 2.65. The quantitative estimate of drug-likeness (QED) is 0.893. The Morgan fingerprint density at radius 3 is 2.89 bits per heavy atom. The summed E-state index contributed by atoms with van der Waals surface area (Å²) >= 11 is 0. The van der Waals surface area contributed by atoms with Gasteiger partial charge in [0.15, 0.2) is 0 Å². The number of furan rings is 1. The molecule has 7 heteroatoms. The van der Waals surface area contributed by atoms with Gasteiger partial charge in [-0.25, -0.2) is 0 Å². The molecule has 106 valence electrons. The average molecular weight is 286 g/mol. The van der Waals surface area contributed by atoms with E-state index in [2.05, 4.69) is 4.72 Å². The number of ether oxygens (including phenoxy) is 1. The summed E-state index contributed by atoms with van der Waals surface area (Å²) in [6.07, 6.45) is 4.27. The van der Waals surface area contributed by atoms with E-state index >= 15 is 0 Å². The fraction of sp³-hybridized carbons (Fsp3) is 0.667. The van der Waals surface area contributed by atoms with E-state index in [0.717, 1.165) is 30.6 Å². The van der Waals surface area contributed by atoms with Crippen LogP contribution >= 0.6 is 0 Å². The molecule has 1 aliphatic carbocycles. The zero-order chi connectivity index (χ0) is 13.3. The van der Waals surface area contributed by atoms with Crippen molar-refractivity contribution in [3.8, 4) is 0 Å². The summed E-state index contributed by atoms with van der Waals surface area (Å²) in [5.74, 6) is 0.904. The highest BCUT2D eigenvalue weighted by atomic mass is 32.2. The van der Waals surface area contributed by atoms with Crippen LogP contribution < -0.4 is 4.72 Å². The van der Waals surface area contributed by atoms with E-state index in [4.69, 9.17) is 9.15 Å². The van der Waals surface area contributed by atoms with Crippen molar-refractivity contribution >= 4 is 10.2 Å². The van der Waals surface area contributed by atoms with Crippen molar-refractivity contribution in [3.63, 3.8) is 0 Å². The molecule has 0 saturated carbocycles. The number of fused-ring (bicyclic) bond motifs is 1. The Kier molecular flexibility index (Phi) is 3.62. The van der Waals surface area contributed by atoms with Gasteiger partial charge in [0.1, 0.15) is 5.76 Å². The van der Waals surface area contributed by atoms with Gasteiger partial charge in [0.25, 0.3) is 10.2 Å². The van der Waals surface area contributed by atoms with Crippen LogP contribution in [0.5, 0.6) is 0 Å². The molecule has 1 fully saturated rings.